The standard InChI is InChI=1S/C19H22N4OS/c1-6-9-23-16-8-7-14(12(2)3)11-17(16)25-19(23)20-18(24)15-10-13(4)22(5)21-15/h6-8,10-12H,1,9H2,2-5H3. The highest BCUT2D eigenvalue weighted by atomic mass is 32.1. The fourth-order valence-corrected chi connectivity index (χ4v) is 3.74. The third-order valence-corrected chi connectivity index (χ3v) is 5.26. The van der Waals surface area contributed by atoms with Crippen molar-refractivity contribution >= 4 is 27.5 Å². The maximum Gasteiger partial charge on any atom is 0.300 e. The van der Waals surface area contributed by atoms with Gasteiger partial charge >= 0.3 is 0 Å². The Kier molecular flexibility index (Phi) is 4.72. The molecule has 6 heteroatoms. The largest absolute Gasteiger partial charge is 0.312 e. The van der Waals surface area contributed by atoms with Crippen molar-refractivity contribution in [2.45, 2.75) is 33.2 Å². The molecule has 2 heterocycles. The van der Waals surface area contributed by atoms with Crippen LogP contribution in [0.1, 0.15) is 41.5 Å². The van der Waals surface area contributed by atoms with E-state index in [0.29, 0.717) is 23.0 Å². The zero-order valence-electron chi connectivity index (χ0n) is 15.0. The van der Waals surface area contributed by atoms with Crippen LogP contribution in [0.5, 0.6) is 0 Å². The molecular formula is C19H22N4OS. The van der Waals surface area contributed by atoms with Gasteiger partial charge in [-0.05, 0) is 36.6 Å². The van der Waals surface area contributed by atoms with E-state index in [-0.39, 0.29) is 5.91 Å². The summed E-state index contributed by atoms with van der Waals surface area (Å²) in [6.07, 6.45) is 1.82. The number of fused-ring (bicyclic) bond motifs is 1. The average Bonchev–Trinajstić information content (AvgIpc) is 3.08. The zero-order chi connectivity index (χ0) is 18.1. The quantitative estimate of drug-likeness (QED) is 0.669. The number of carbonyl (C=O) groups excluding carboxylic acids is 1. The van der Waals surface area contributed by atoms with E-state index >= 15 is 0 Å². The molecule has 0 aliphatic rings. The van der Waals surface area contributed by atoms with Gasteiger partial charge in [-0.3, -0.25) is 9.48 Å². The fourth-order valence-electron chi connectivity index (χ4n) is 2.65. The molecule has 0 unspecified atom stereocenters. The van der Waals surface area contributed by atoms with Crippen LogP contribution in [-0.2, 0) is 13.6 Å². The first-order chi connectivity index (χ1) is 11.9. The summed E-state index contributed by atoms with van der Waals surface area (Å²) >= 11 is 1.52. The summed E-state index contributed by atoms with van der Waals surface area (Å²) in [5, 5.41) is 4.22. The molecule has 3 aromatic rings. The molecule has 0 radical (unpaired) electrons. The van der Waals surface area contributed by atoms with Crippen molar-refractivity contribution in [1.29, 1.82) is 0 Å². The number of hydrogen-bond acceptors (Lipinski definition) is 3. The summed E-state index contributed by atoms with van der Waals surface area (Å²) in [6.45, 7) is 10.7. The summed E-state index contributed by atoms with van der Waals surface area (Å²) in [5.41, 5.74) is 3.64. The van der Waals surface area contributed by atoms with Crippen LogP contribution < -0.4 is 4.80 Å². The maximum atomic E-state index is 12.5. The van der Waals surface area contributed by atoms with Crippen molar-refractivity contribution in [3.05, 3.63) is 58.7 Å². The Balaban J connectivity index is 2.14. The molecule has 2 aromatic heterocycles. The molecule has 1 aromatic carbocycles. The van der Waals surface area contributed by atoms with Crippen molar-refractivity contribution in [1.82, 2.24) is 14.3 Å². The lowest BCUT2D eigenvalue weighted by Gasteiger charge is -2.05. The molecule has 0 N–H and O–H groups in total. The van der Waals surface area contributed by atoms with Gasteiger partial charge in [-0.2, -0.15) is 10.1 Å². The highest BCUT2D eigenvalue weighted by Crippen LogP contribution is 2.23. The van der Waals surface area contributed by atoms with E-state index in [4.69, 9.17) is 0 Å². The van der Waals surface area contributed by atoms with Crippen LogP contribution in [0, 0.1) is 6.92 Å². The first kappa shape index (κ1) is 17.4. The topological polar surface area (TPSA) is 52.2 Å². The number of aryl methyl sites for hydroxylation is 2. The molecule has 0 saturated heterocycles. The second-order valence-electron chi connectivity index (χ2n) is 6.38. The van der Waals surface area contributed by atoms with Gasteiger partial charge in [0, 0.05) is 19.3 Å². The smallest absolute Gasteiger partial charge is 0.300 e. The second-order valence-corrected chi connectivity index (χ2v) is 7.39. The number of hydrogen-bond donors (Lipinski definition) is 0. The summed E-state index contributed by atoms with van der Waals surface area (Å²) in [6, 6.07) is 8.17. The normalized spacial score (nSPS) is 12.3. The number of carbonyl (C=O) groups is 1. The lowest BCUT2D eigenvalue weighted by Crippen LogP contribution is -2.16. The van der Waals surface area contributed by atoms with Crippen LogP contribution >= 0.6 is 11.3 Å². The first-order valence-electron chi connectivity index (χ1n) is 8.24. The molecule has 0 aliphatic carbocycles. The molecule has 1 amide bonds. The van der Waals surface area contributed by atoms with Crippen molar-refractivity contribution in [3.63, 3.8) is 0 Å². The lowest BCUT2D eigenvalue weighted by molar-refractivity contribution is 0.0992. The van der Waals surface area contributed by atoms with Gasteiger partial charge in [0.15, 0.2) is 10.5 Å². The van der Waals surface area contributed by atoms with Gasteiger partial charge in [-0.15, -0.1) is 6.58 Å². The van der Waals surface area contributed by atoms with Gasteiger partial charge in [0.2, 0.25) is 0 Å². The Morgan fingerprint density at radius 1 is 1.40 bits per heavy atom. The Labute approximate surface area is 150 Å². The van der Waals surface area contributed by atoms with E-state index in [1.807, 2.05) is 24.6 Å². The second kappa shape index (κ2) is 6.80. The molecule has 0 aliphatic heterocycles. The van der Waals surface area contributed by atoms with Crippen molar-refractivity contribution in [2.24, 2.45) is 12.0 Å². The molecular weight excluding hydrogens is 332 g/mol. The number of benzene rings is 1. The third kappa shape index (κ3) is 3.35. The van der Waals surface area contributed by atoms with Gasteiger partial charge in [-0.1, -0.05) is 37.3 Å². The van der Waals surface area contributed by atoms with Gasteiger partial charge in [-0.25, -0.2) is 0 Å². The Hall–Kier alpha value is -2.47. The highest BCUT2D eigenvalue weighted by Gasteiger charge is 2.13. The van der Waals surface area contributed by atoms with Crippen LogP contribution in [0.4, 0.5) is 0 Å². The molecule has 3 rings (SSSR count). The minimum atomic E-state index is -0.322. The van der Waals surface area contributed by atoms with Crippen LogP contribution in [0.2, 0.25) is 0 Å². The average molecular weight is 354 g/mol. The van der Waals surface area contributed by atoms with E-state index in [2.05, 4.69) is 48.7 Å². The van der Waals surface area contributed by atoms with Crippen LogP contribution in [0.15, 0.2) is 41.9 Å². The predicted octanol–water partition coefficient (Wildman–Crippen LogP) is 3.80. The number of allylic oxidation sites excluding steroid dienone is 1. The minimum absolute atomic E-state index is 0.322. The molecule has 0 fully saturated rings. The van der Waals surface area contributed by atoms with E-state index in [1.165, 1.54) is 16.9 Å². The molecule has 25 heavy (non-hydrogen) atoms. The van der Waals surface area contributed by atoms with Gasteiger partial charge in [0.1, 0.15) is 0 Å². The van der Waals surface area contributed by atoms with Gasteiger partial charge in [0.05, 0.1) is 10.2 Å². The summed E-state index contributed by atoms with van der Waals surface area (Å²) in [5.74, 6) is 0.134. The zero-order valence-corrected chi connectivity index (χ0v) is 15.8. The van der Waals surface area contributed by atoms with Crippen molar-refractivity contribution in [3.8, 4) is 0 Å². The minimum Gasteiger partial charge on any atom is -0.312 e. The van der Waals surface area contributed by atoms with Crippen LogP contribution in [0.3, 0.4) is 0 Å². The number of nitrogens with zero attached hydrogens (tertiary/aromatic N) is 4. The lowest BCUT2D eigenvalue weighted by atomic mass is 10.0. The fraction of sp³-hybridized carbons (Fsp3) is 0.316. The molecule has 0 saturated carbocycles. The van der Waals surface area contributed by atoms with Gasteiger partial charge in [0.25, 0.3) is 5.91 Å². The molecule has 5 nitrogen and oxygen atoms in total. The monoisotopic (exact) mass is 354 g/mol. The molecule has 0 atom stereocenters. The number of rotatable bonds is 4. The third-order valence-electron chi connectivity index (χ3n) is 4.22. The van der Waals surface area contributed by atoms with E-state index < -0.39 is 0 Å². The Bertz CT molecular complexity index is 1000. The Morgan fingerprint density at radius 2 is 2.16 bits per heavy atom. The van der Waals surface area contributed by atoms with Crippen molar-refractivity contribution in [2.75, 3.05) is 0 Å². The van der Waals surface area contributed by atoms with Crippen molar-refractivity contribution < 1.29 is 4.79 Å². The number of thiazole rings is 1. The highest BCUT2D eigenvalue weighted by molar-refractivity contribution is 7.16. The first-order valence-corrected chi connectivity index (χ1v) is 9.06. The molecule has 0 bridgehead atoms. The SMILES string of the molecule is C=CCn1c(=NC(=O)c2cc(C)n(C)n2)sc2cc(C(C)C)ccc21. The van der Waals surface area contributed by atoms with E-state index in [9.17, 15) is 4.79 Å². The number of amides is 1. The van der Waals surface area contributed by atoms with Crippen LogP contribution in [-0.4, -0.2) is 20.3 Å². The van der Waals surface area contributed by atoms with Gasteiger partial charge < -0.3 is 4.57 Å². The van der Waals surface area contributed by atoms with Crippen LogP contribution in [0.25, 0.3) is 10.2 Å². The number of aromatic nitrogens is 3. The van der Waals surface area contributed by atoms with E-state index in [1.54, 1.807) is 10.7 Å². The summed E-state index contributed by atoms with van der Waals surface area (Å²) in [4.78, 5) is 17.5. The summed E-state index contributed by atoms with van der Waals surface area (Å²) in [7, 11) is 1.82. The predicted molar refractivity (Wildman–Crippen MR) is 102 cm³/mol. The molecule has 0 spiro atoms. The maximum absolute atomic E-state index is 12.5. The van der Waals surface area contributed by atoms with E-state index in [0.717, 1.165) is 15.9 Å². The molecule has 130 valence electrons. The Morgan fingerprint density at radius 3 is 2.76 bits per heavy atom. The summed E-state index contributed by atoms with van der Waals surface area (Å²) < 4.78 is 4.82.